The smallest absolute Gasteiger partial charge is 0.406 e. The Bertz CT molecular complexity index is 1590. The average Bonchev–Trinajstić information content (AvgIpc) is 3.16. The monoisotopic (exact) mass is 724 g/mol. The second-order valence-electron chi connectivity index (χ2n) is 13.6. The second kappa shape index (κ2) is 16.5. The van der Waals surface area contributed by atoms with E-state index >= 15 is 4.39 Å². The highest BCUT2D eigenvalue weighted by molar-refractivity contribution is 7.89. The molecule has 2 amide bonds. The first-order chi connectivity index (χ1) is 23.4. The number of halogens is 3. The van der Waals surface area contributed by atoms with E-state index in [-0.39, 0.29) is 59.6 Å². The van der Waals surface area contributed by atoms with Gasteiger partial charge in [0.25, 0.3) is 0 Å². The van der Waals surface area contributed by atoms with Gasteiger partial charge >= 0.3 is 6.09 Å². The number of methoxy groups -OCH3 is 1. The second-order valence-corrected chi connectivity index (χ2v) is 16.0. The van der Waals surface area contributed by atoms with Crippen LogP contribution in [0.5, 0.6) is 0 Å². The van der Waals surface area contributed by atoms with Crippen molar-refractivity contribution in [2.75, 3.05) is 37.8 Å². The summed E-state index contributed by atoms with van der Waals surface area (Å²) in [5, 5.41) is 9.00. The van der Waals surface area contributed by atoms with E-state index < -0.39 is 45.5 Å². The first-order valence-corrected chi connectivity index (χ1v) is 19.1. The molecule has 3 aliphatic rings. The maximum atomic E-state index is 15.4. The van der Waals surface area contributed by atoms with E-state index in [4.69, 9.17) is 21.1 Å². The molecular formula is C35H47ClF2N4O6S. The quantitative estimate of drug-likeness (QED) is 0.275. The van der Waals surface area contributed by atoms with Crippen LogP contribution in [0.15, 0.2) is 36.4 Å². The molecule has 5 rings (SSSR count). The number of nitrogens with zero attached hydrogens (tertiary/aromatic N) is 1. The number of benzene rings is 2. The number of sulfonamides is 1. The standard InChI is InChI=1S/C35H47ClF2N4O6S/c1-21-15-24(16-22(2)48-21)33(23-12-13-29(36)31(38)17-23)28(19-40-35(44)47-3)34(43)41-32-11-5-10-30(37)27(32)9-4-8-26-18-39-25-7-6-14-49(45,46)42(26)20-25/h5,10-13,17,21-22,24-26,28,33,39H,4,6-9,14-16,18-20H2,1-3H3,(H,40,44)(H,41,43)/t21-,22+,24?,25-,26+,28+,33+/m1/s1. The van der Waals surface area contributed by atoms with Gasteiger partial charge in [-0.2, -0.15) is 4.31 Å². The number of piperazine rings is 1. The molecule has 3 saturated heterocycles. The molecule has 0 aromatic heterocycles. The molecule has 0 aliphatic carbocycles. The van der Waals surface area contributed by atoms with Gasteiger partial charge in [-0.3, -0.25) is 4.79 Å². The van der Waals surface area contributed by atoms with E-state index in [0.717, 1.165) is 6.42 Å². The molecule has 0 saturated carbocycles. The normalized spacial score (nSPS) is 27.7. The molecule has 0 radical (unpaired) electrons. The number of anilines is 1. The minimum absolute atomic E-state index is 0.0495. The van der Waals surface area contributed by atoms with Crippen molar-refractivity contribution in [3.8, 4) is 0 Å². The lowest BCUT2D eigenvalue weighted by Gasteiger charge is -2.40. The van der Waals surface area contributed by atoms with E-state index in [1.54, 1.807) is 16.4 Å². The van der Waals surface area contributed by atoms with Crippen molar-refractivity contribution in [2.24, 2.45) is 11.8 Å². The number of carbonyl (C=O) groups is 2. The SMILES string of the molecule is COC(=O)NC[C@H](C(=O)Nc1cccc(F)c1CCC[C@H]1CN[C@@H]2CCCS(=O)(=O)N1C2)[C@@H](c1ccc(Cl)c(F)c1)C1C[C@@H](C)O[C@@H](C)C1. The Kier molecular flexibility index (Phi) is 12.6. The topological polar surface area (TPSA) is 126 Å². The first kappa shape index (κ1) is 37.4. The van der Waals surface area contributed by atoms with E-state index in [2.05, 4.69) is 16.0 Å². The summed E-state index contributed by atoms with van der Waals surface area (Å²) in [5.74, 6) is -3.06. The van der Waals surface area contributed by atoms with Gasteiger partial charge in [0.05, 0.1) is 36.0 Å². The van der Waals surface area contributed by atoms with Crippen LogP contribution in [0.4, 0.5) is 19.3 Å². The Morgan fingerprint density at radius 3 is 2.61 bits per heavy atom. The number of hydrogen-bond acceptors (Lipinski definition) is 7. The molecule has 3 fully saturated rings. The van der Waals surface area contributed by atoms with Crippen molar-refractivity contribution in [1.29, 1.82) is 0 Å². The number of ether oxygens (including phenoxy) is 2. The van der Waals surface area contributed by atoms with Gasteiger partial charge in [-0.05, 0) is 94.5 Å². The van der Waals surface area contributed by atoms with Gasteiger partial charge in [-0.1, -0.05) is 23.7 Å². The molecule has 2 bridgehead atoms. The van der Waals surface area contributed by atoms with Gasteiger partial charge in [-0.15, -0.1) is 0 Å². The molecule has 10 nitrogen and oxygen atoms in total. The summed E-state index contributed by atoms with van der Waals surface area (Å²) in [6.45, 7) is 4.76. The van der Waals surface area contributed by atoms with Crippen LogP contribution in [0.2, 0.25) is 5.02 Å². The Hall–Kier alpha value is -2.84. The predicted molar refractivity (Wildman–Crippen MR) is 184 cm³/mol. The fourth-order valence-electron chi connectivity index (χ4n) is 7.87. The van der Waals surface area contributed by atoms with Crippen molar-refractivity contribution in [1.82, 2.24) is 14.9 Å². The molecule has 2 aromatic carbocycles. The largest absolute Gasteiger partial charge is 0.453 e. The lowest BCUT2D eigenvalue weighted by molar-refractivity contribution is -0.122. The molecule has 270 valence electrons. The van der Waals surface area contributed by atoms with Crippen LogP contribution < -0.4 is 16.0 Å². The van der Waals surface area contributed by atoms with Gasteiger partial charge in [0.15, 0.2) is 0 Å². The number of hydrogen-bond donors (Lipinski definition) is 3. The molecule has 0 spiro atoms. The molecule has 3 N–H and O–H groups in total. The van der Waals surface area contributed by atoms with Crippen molar-refractivity contribution >= 4 is 39.3 Å². The fraction of sp³-hybridized carbons (Fsp3) is 0.600. The summed E-state index contributed by atoms with van der Waals surface area (Å²) in [6, 6.07) is 8.86. The summed E-state index contributed by atoms with van der Waals surface area (Å²) in [5.41, 5.74) is 1.14. The summed E-state index contributed by atoms with van der Waals surface area (Å²) in [4.78, 5) is 26.6. The van der Waals surface area contributed by atoms with Crippen molar-refractivity contribution in [2.45, 2.75) is 89.0 Å². The van der Waals surface area contributed by atoms with Gasteiger partial charge in [-0.25, -0.2) is 22.0 Å². The number of fused-ring (bicyclic) bond motifs is 2. The molecular weight excluding hydrogens is 678 g/mol. The third-order valence-corrected chi connectivity index (χ3v) is 12.4. The number of carbonyl (C=O) groups excluding carboxylic acids is 2. The molecule has 2 aromatic rings. The van der Waals surface area contributed by atoms with E-state index in [0.29, 0.717) is 56.3 Å². The van der Waals surface area contributed by atoms with Crippen LogP contribution in [-0.2, 0) is 30.7 Å². The number of amides is 2. The van der Waals surface area contributed by atoms with Crippen LogP contribution >= 0.6 is 11.6 Å². The maximum Gasteiger partial charge on any atom is 0.406 e. The maximum absolute atomic E-state index is 15.4. The molecule has 2 unspecified atom stereocenters. The van der Waals surface area contributed by atoms with Gasteiger partial charge < -0.3 is 25.4 Å². The molecule has 14 heteroatoms. The third kappa shape index (κ3) is 9.29. The summed E-state index contributed by atoms with van der Waals surface area (Å²) in [7, 11) is -2.14. The zero-order valence-electron chi connectivity index (χ0n) is 28.2. The molecule has 3 aliphatic heterocycles. The van der Waals surface area contributed by atoms with Crippen LogP contribution in [0.3, 0.4) is 0 Å². The fourth-order valence-corrected chi connectivity index (χ4v) is 9.79. The van der Waals surface area contributed by atoms with Crippen molar-refractivity contribution in [3.05, 3.63) is 64.2 Å². The Morgan fingerprint density at radius 2 is 1.90 bits per heavy atom. The Balaban J connectivity index is 1.39. The van der Waals surface area contributed by atoms with Crippen LogP contribution in [0.25, 0.3) is 0 Å². The zero-order valence-corrected chi connectivity index (χ0v) is 29.8. The summed E-state index contributed by atoms with van der Waals surface area (Å²) >= 11 is 6.04. The third-order valence-electron chi connectivity index (χ3n) is 10.1. The first-order valence-electron chi connectivity index (χ1n) is 17.1. The average molecular weight is 725 g/mol. The Morgan fingerprint density at radius 1 is 1.14 bits per heavy atom. The lowest BCUT2D eigenvalue weighted by atomic mass is 9.71. The number of nitrogens with one attached hydrogen (secondary N) is 3. The minimum Gasteiger partial charge on any atom is -0.453 e. The van der Waals surface area contributed by atoms with Crippen LogP contribution in [0.1, 0.15) is 69.4 Å². The lowest BCUT2D eigenvalue weighted by Crippen LogP contribution is -2.57. The highest BCUT2D eigenvalue weighted by Crippen LogP contribution is 2.42. The van der Waals surface area contributed by atoms with E-state index in [1.165, 1.54) is 31.4 Å². The molecule has 3 heterocycles. The zero-order chi connectivity index (χ0) is 35.3. The van der Waals surface area contributed by atoms with Gasteiger partial charge in [0, 0.05) is 48.9 Å². The highest BCUT2D eigenvalue weighted by Gasteiger charge is 2.41. The Labute approximate surface area is 292 Å². The predicted octanol–water partition coefficient (Wildman–Crippen LogP) is 5.61. The van der Waals surface area contributed by atoms with Crippen LogP contribution in [0, 0.1) is 23.5 Å². The van der Waals surface area contributed by atoms with Crippen LogP contribution in [-0.4, -0.2) is 81.5 Å². The van der Waals surface area contributed by atoms with Crippen molar-refractivity contribution < 1.29 is 36.3 Å². The summed E-state index contributed by atoms with van der Waals surface area (Å²) in [6.07, 6.45) is 2.95. The van der Waals surface area contributed by atoms with Crippen molar-refractivity contribution in [3.63, 3.8) is 0 Å². The molecule has 49 heavy (non-hydrogen) atoms. The van der Waals surface area contributed by atoms with E-state index in [1.807, 2.05) is 13.8 Å². The summed E-state index contributed by atoms with van der Waals surface area (Å²) < 4.78 is 68.6. The highest BCUT2D eigenvalue weighted by atomic mass is 35.5. The molecule has 8 atom stereocenters. The number of rotatable bonds is 11. The minimum atomic E-state index is -3.36. The number of alkyl carbamates (subject to hydrolysis) is 1. The van der Waals surface area contributed by atoms with Gasteiger partial charge in [0.1, 0.15) is 11.6 Å². The van der Waals surface area contributed by atoms with E-state index in [9.17, 15) is 22.4 Å². The van der Waals surface area contributed by atoms with Gasteiger partial charge in [0.2, 0.25) is 15.9 Å².